The minimum absolute atomic E-state index is 0.788. The molecule has 0 aliphatic carbocycles. The van der Waals surface area contributed by atoms with Gasteiger partial charge in [-0.2, -0.15) is 0 Å². The zero-order valence-electron chi connectivity index (χ0n) is 16.1. The number of aromatic nitrogens is 3. The molecule has 2 heterocycles. The van der Waals surface area contributed by atoms with Crippen molar-refractivity contribution in [2.75, 3.05) is 39.8 Å². The topological polar surface area (TPSA) is 61.6 Å². The van der Waals surface area contributed by atoms with E-state index in [1.54, 1.807) is 6.33 Å². The van der Waals surface area contributed by atoms with Gasteiger partial charge in [0.15, 0.2) is 5.96 Å². The largest absolute Gasteiger partial charge is 0.354 e. The lowest BCUT2D eigenvalue weighted by Crippen LogP contribution is -2.52. The summed E-state index contributed by atoms with van der Waals surface area (Å²) >= 11 is 5.97. The van der Waals surface area contributed by atoms with E-state index >= 15 is 0 Å². The number of aryl methyl sites for hydroxylation is 1. The first-order valence-corrected chi connectivity index (χ1v) is 9.86. The molecule has 1 aliphatic rings. The fourth-order valence-corrected chi connectivity index (χ4v) is 3.45. The normalized spacial score (nSPS) is 16.0. The Balaban J connectivity index is 1.43. The lowest BCUT2D eigenvalue weighted by molar-refractivity contribution is 0.172. The van der Waals surface area contributed by atoms with Crippen LogP contribution < -0.4 is 5.32 Å². The predicted octanol–water partition coefficient (Wildman–Crippen LogP) is 1.89. The first-order valence-electron chi connectivity index (χ1n) is 9.48. The highest BCUT2D eigenvalue weighted by Gasteiger charge is 2.19. The Morgan fingerprint density at radius 1 is 1.19 bits per heavy atom. The molecule has 1 saturated heterocycles. The van der Waals surface area contributed by atoms with Crippen LogP contribution in [-0.4, -0.2) is 70.3 Å². The molecule has 0 spiro atoms. The van der Waals surface area contributed by atoms with E-state index in [0.29, 0.717) is 0 Å². The highest BCUT2D eigenvalue weighted by atomic mass is 35.5. The monoisotopic (exact) mass is 389 g/mol. The van der Waals surface area contributed by atoms with Crippen LogP contribution in [0, 0.1) is 0 Å². The van der Waals surface area contributed by atoms with Gasteiger partial charge in [-0.3, -0.25) is 9.89 Å². The van der Waals surface area contributed by atoms with E-state index in [4.69, 9.17) is 11.6 Å². The van der Waals surface area contributed by atoms with Crippen molar-refractivity contribution in [1.29, 1.82) is 0 Å². The summed E-state index contributed by atoms with van der Waals surface area (Å²) in [6.45, 7) is 8.69. The van der Waals surface area contributed by atoms with Gasteiger partial charge in [0.25, 0.3) is 0 Å². The molecule has 1 fully saturated rings. The van der Waals surface area contributed by atoms with Gasteiger partial charge < -0.3 is 14.8 Å². The smallest absolute Gasteiger partial charge is 0.193 e. The predicted molar refractivity (Wildman–Crippen MR) is 109 cm³/mol. The molecule has 27 heavy (non-hydrogen) atoms. The van der Waals surface area contributed by atoms with E-state index in [2.05, 4.69) is 53.9 Å². The van der Waals surface area contributed by atoms with Crippen LogP contribution in [0.5, 0.6) is 0 Å². The highest BCUT2D eigenvalue weighted by Crippen LogP contribution is 2.13. The summed E-state index contributed by atoms with van der Waals surface area (Å²) in [5.74, 6) is 1.98. The second kappa shape index (κ2) is 9.71. The molecule has 8 heteroatoms. The fourth-order valence-electron chi connectivity index (χ4n) is 3.33. The van der Waals surface area contributed by atoms with Crippen LogP contribution in [0.3, 0.4) is 0 Å². The third kappa shape index (κ3) is 5.43. The number of benzene rings is 1. The molecule has 7 nitrogen and oxygen atoms in total. The molecule has 1 aromatic carbocycles. The van der Waals surface area contributed by atoms with Gasteiger partial charge in [0.05, 0.1) is 0 Å². The number of nitrogens with one attached hydrogen (secondary N) is 1. The standard InChI is InChI=1S/C19H28ClN7/c1-3-18-24-23-15-27(18)9-8-22-19(21-2)26-12-10-25(11-13-26)14-16-4-6-17(20)7-5-16/h4-7,15H,3,8-14H2,1-2H3,(H,21,22). The minimum atomic E-state index is 0.788. The molecular weight excluding hydrogens is 362 g/mol. The average molecular weight is 390 g/mol. The molecule has 0 unspecified atom stereocenters. The molecular formula is C19H28ClN7. The maximum absolute atomic E-state index is 5.97. The maximum Gasteiger partial charge on any atom is 0.193 e. The summed E-state index contributed by atoms with van der Waals surface area (Å²) in [5.41, 5.74) is 1.30. The van der Waals surface area contributed by atoms with Gasteiger partial charge in [0, 0.05) is 64.3 Å². The van der Waals surface area contributed by atoms with Crippen LogP contribution in [0.25, 0.3) is 0 Å². The Labute approximate surface area is 166 Å². The zero-order valence-corrected chi connectivity index (χ0v) is 16.9. The highest BCUT2D eigenvalue weighted by molar-refractivity contribution is 6.30. The third-order valence-corrected chi connectivity index (χ3v) is 5.10. The molecule has 3 rings (SSSR count). The number of hydrogen-bond acceptors (Lipinski definition) is 4. The Kier molecular flexibility index (Phi) is 7.06. The molecule has 0 radical (unpaired) electrons. The zero-order chi connectivity index (χ0) is 19.1. The molecule has 1 aromatic heterocycles. The molecule has 1 aliphatic heterocycles. The summed E-state index contributed by atoms with van der Waals surface area (Å²) in [7, 11) is 1.85. The van der Waals surface area contributed by atoms with Gasteiger partial charge in [0.1, 0.15) is 12.2 Å². The first kappa shape index (κ1) is 19.6. The van der Waals surface area contributed by atoms with E-state index in [0.717, 1.165) is 69.0 Å². The van der Waals surface area contributed by atoms with Gasteiger partial charge in [0.2, 0.25) is 0 Å². The van der Waals surface area contributed by atoms with Gasteiger partial charge in [-0.25, -0.2) is 0 Å². The SMILES string of the molecule is CCc1nncn1CCNC(=NC)N1CCN(Cc2ccc(Cl)cc2)CC1. The minimum Gasteiger partial charge on any atom is -0.354 e. The number of guanidine groups is 1. The Morgan fingerprint density at radius 3 is 2.59 bits per heavy atom. The van der Waals surface area contributed by atoms with Crippen molar-refractivity contribution < 1.29 is 0 Å². The number of halogens is 1. The number of nitrogens with zero attached hydrogens (tertiary/aromatic N) is 6. The molecule has 0 bridgehead atoms. The van der Waals surface area contributed by atoms with Crippen molar-refractivity contribution in [3.8, 4) is 0 Å². The molecule has 2 aromatic rings. The molecule has 1 N–H and O–H groups in total. The van der Waals surface area contributed by atoms with E-state index in [9.17, 15) is 0 Å². The first-order chi connectivity index (χ1) is 13.2. The maximum atomic E-state index is 5.97. The Hall–Kier alpha value is -2.12. The lowest BCUT2D eigenvalue weighted by Gasteiger charge is -2.36. The van der Waals surface area contributed by atoms with Crippen molar-refractivity contribution in [2.24, 2.45) is 4.99 Å². The fraction of sp³-hybridized carbons (Fsp3) is 0.526. The summed E-state index contributed by atoms with van der Waals surface area (Å²) in [6, 6.07) is 8.12. The number of aliphatic imine (C=N–C) groups is 1. The molecule has 0 amide bonds. The summed E-state index contributed by atoms with van der Waals surface area (Å²) in [4.78, 5) is 9.24. The van der Waals surface area contributed by atoms with Gasteiger partial charge >= 0.3 is 0 Å². The Morgan fingerprint density at radius 2 is 1.93 bits per heavy atom. The second-order valence-corrected chi connectivity index (χ2v) is 7.09. The van der Waals surface area contributed by atoms with E-state index in [1.165, 1.54) is 5.56 Å². The van der Waals surface area contributed by atoms with Crippen molar-refractivity contribution in [1.82, 2.24) is 29.9 Å². The van der Waals surface area contributed by atoms with Crippen molar-refractivity contribution >= 4 is 17.6 Å². The quantitative estimate of drug-likeness (QED) is 0.603. The van der Waals surface area contributed by atoms with Crippen LogP contribution in [0.2, 0.25) is 5.02 Å². The lowest BCUT2D eigenvalue weighted by atomic mass is 10.2. The van der Waals surface area contributed by atoms with E-state index in [1.807, 2.05) is 19.2 Å². The average Bonchev–Trinajstić information content (AvgIpc) is 3.15. The van der Waals surface area contributed by atoms with E-state index in [-0.39, 0.29) is 0 Å². The van der Waals surface area contributed by atoms with Crippen LogP contribution in [0.15, 0.2) is 35.6 Å². The van der Waals surface area contributed by atoms with Crippen molar-refractivity contribution in [3.63, 3.8) is 0 Å². The van der Waals surface area contributed by atoms with Crippen LogP contribution in [0.1, 0.15) is 18.3 Å². The van der Waals surface area contributed by atoms with Crippen LogP contribution in [-0.2, 0) is 19.5 Å². The molecule has 0 atom stereocenters. The number of hydrogen-bond donors (Lipinski definition) is 1. The Bertz CT molecular complexity index is 733. The third-order valence-electron chi connectivity index (χ3n) is 4.85. The number of rotatable bonds is 6. The van der Waals surface area contributed by atoms with Crippen LogP contribution in [0.4, 0.5) is 0 Å². The van der Waals surface area contributed by atoms with Gasteiger partial charge in [-0.15, -0.1) is 10.2 Å². The molecule has 146 valence electrons. The van der Waals surface area contributed by atoms with Crippen molar-refractivity contribution in [3.05, 3.63) is 47.0 Å². The van der Waals surface area contributed by atoms with Crippen LogP contribution >= 0.6 is 11.6 Å². The van der Waals surface area contributed by atoms with E-state index < -0.39 is 0 Å². The summed E-state index contributed by atoms with van der Waals surface area (Å²) in [6.07, 6.45) is 2.68. The summed E-state index contributed by atoms with van der Waals surface area (Å²) in [5, 5.41) is 12.4. The van der Waals surface area contributed by atoms with Gasteiger partial charge in [-0.05, 0) is 17.7 Å². The van der Waals surface area contributed by atoms with Gasteiger partial charge in [-0.1, -0.05) is 30.7 Å². The van der Waals surface area contributed by atoms with Crippen molar-refractivity contribution in [2.45, 2.75) is 26.4 Å². The summed E-state index contributed by atoms with van der Waals surface area (Å²) < 4.78 is 2.09. The number of piperazine rings is 1. The second-order valence-electron chi connectivity index (χ2n) is 6.66. The molecule has 0 saturated carbocycles.